The Morgan fingerprint density at radius 2 is 2.55 bits per heavy atom. The first-order valence-corrected chi connectivity index (χ1v) is 3.89. The molecule has 3 heteroatoms. The Kier molecular flexibility index (Phi) is 2.98. The molecule has 3 nitrogen and oxygen atoms in total. The van der Waals surface area contributed by atoms with Crippen LogP contribution in [0.25, 0.3) is 0 Å². The number of nitrogens with two attached hydrogens (primary N) is 1. The molecule has 1 heterocycles. The maximum atomic E-state index is 5.46. The average molecular weight is 153 g/mol. The van der Waals surface area contributed by atoms with Gasteiger partial charge in [0.15, 0.2) is 0 Å². The van der Waals surface area contributed by atoms with E-state index in [4.69, 9.17) is 5.73 Å². The summed E-state index contributed by atoms with van der Waals surface area (Å²) in [7, 11) is 0. The minimum absolute atomic E-state index is 0.532. The van der Waals surface area contributed by atoms with Crippen molar-refractivity contribution < 1.29 is 0 Å². The van der Waals surface area contributed by atoms with Gasteiger partial charge in [-0.05, 0) is 18.5 Å². The molecule has 1 atom stereocenters. The molecule has 0 spiro atoms. The van der Waals surface area contributed by atoms with Crippen LogP contribution in [0.3, 0.4) is 0 Å². The second kappa shape index (κ2) is 4.03. The van der Waals surface area contributed by atoms with Gasteiger partial charge < -0.3 is 16.0 Å². The number of hydrogen-bond donors (Lipinski definition) is 3. The maximum Gasteiger partial charge on any atom is 0.0517 e. The third-order valence-corrected chi connectivity index (χ3v) is 1.65. The highest BCUT2D eigenvalue weighted by Gasteiger charge is 1.97. The summed E-state index contributed by atoms with van der Waals surface area (Å²) in [6.07, 6.45) is 3.83. The number of nitrogens with one attached hydrogen (secondary N) is 2. The molecule has 0 radical (unpaired) electrons. The Labute approximate surface area is 67.0 Å². The second-order valence-corrected chi connectivity index (χ2v) is 2.82. The van der Waals surface area contributed by atoms with E-state index >= 15 is 0 Å². The molecule has 62 valence electrons. The Bertz CT molecular complexity index is 181. The van der Waals surface area contributed by atoms with Crippen molar-refractivity contribution in [2.75, 3.05) is 18.4 Å². The van der Waals surface area contributed by atoms with Gasteiger partial charge in [0, 0.05) is 18.9 Å². The van der Waals surface area contributed by atoms with E-state index in [-0.39, 0.29) is 0 Å². The number of anilines is 1. The van der Waals surface area contributed by atoms with Crippen LogP contribution in [0.1, 0.15) is 6.92 Å². The zero-order valence-corrected chi connectivity index (χ0v) is 6.80. The van der Waals surface area contributed by atoms with Crippen LogP contribution in [0.4, 0.5) is 5.69 Å². The second-order valence-electron chi connectivity index (χ2n) is 2.82. The molecule has 0 aliphatic carbocycles. The molecule has 11 heavy (non-hydrogen) atoms. The molecule has 0 aromatic carbocycles. The van der Waals surface area contributed by atoms with Crippen LogP contribution in [0, 0.1) is 5.92 Å². The SMILES string of the molecule is CC(CN)CNc1cc[nH]c1. The van der Waals surface area contributed by atoms with Crippen molar-refractivity contribution in [2.24, 2.45) is 11.7 Å². The van der Waals surface area contributed by atoms with Crippen molar-refractivity contribution in [3.8, 4) is 0 Å². The van der Waals surface area contributed by atoms with E-state index in [1.54, 1.807) is 0 Å². The molecular weight excluding hydrogens is 138 g/mol. The van der Waals surface area contributed by atoms with E-state index in [1.807, 2.05) is 18.5 Å². The summed E-state index contributed by atoms with van der Waals surface area (Å²) in [6.45, 7) is 3.80. The van der Waals surface area contributed by atoms with Gasteiger partial charge in [0.1, 0.15) is 0 Å². The van der Waals surface area contributed by atoms with Crippen LogP contribution in [0.2, 0.25) is 0 Å². The zero-order valence-electron chi connectivity index (χ0n) is 6.80. The fourth-order valence-corrected chi connectivity index (χ4v) is 0.809. The van der Waals surface area contributed by atoms with Crippen molar-refractivity contribution in [1.29, 1.82) is 0 Å². The lowest BCUT2D eigenvalue weighted by Gasteiger charge is -2.08. The van der Waals surface area contributed by atoms with Gasteiger partial charge in [-0.2, -0.15) is 0 Å². The topological polar surface area (TPSA) is 53.8 Å². The molecule has 0 bridgehead atoms. The third-order valence-electron chi connectivity index (χ3n) is 1.65. The van der Waals surface area contributed by atoms with Crippen LogP contribution in [0.5, 0.6) is 0 Å². The van der Waals surface area contributed by atoms with Gasteiger partial charge in [-0.25, -0.2) is 0 Å². The number of aromatic amines is 1. The number of hydrogen-bond acceptors (Lipinski definition) is 2. The monoisotopic (exact) mass is 153 g/mol. The largest absolute Gasteiger partial charge is 0.384 e. The van der Waals surface area contributed by atoms with Crippen LogP contribution >= 0.6 is 0 Å². The molecule has 1 rings (SSSR count). The summed E-state index contributed by atoms with van der Waals surface area (Å²) in [5, 5.41) is 3.26. The van der Waals surface area contributed by atoms with Crippen LogP contribution in [-0.2, 0) is 0 Å². The van der Waals surface area contributed by atoms with Crippen LogP contribution < -0.4 is 11.1 Å². The van der Waals surface area contributed by atoms with Crippen LogP contribution in [-0.4, -0.2) is 18.1 Å². The van der Waals surface area contributed by atoms with Crippen molar-refractivity contribution >= 4 is 5.69 Å². The molecule has 1 aromatic heterocycles. The van der Waals surface area contributed by atoms with Gasteiger partial charge in [0.05, 0.1) is 5.69 Å². The molecule has 4 N–H and O–H groups in total. The quantitative estimate of drug-likeness (QED) is 0.605. The molecule has 0 saturated carbocycles. The minimum atomic E-state index is 0.532. The number of H-pyrrole nitrogens is 1. The maximum absolute atomic E-state index is 5.46. The lowest BCUT2D eigenvalue weighted by Crippen LogP contribution is -2.19. The summed E-state index contributed by atoms with van der Waals surface area (Å²) in [4.78, 5) is 2.98. The molecule has 0 fully saturated rings. The summed E-state index contributed by atoms with van der Waals surface area (Å²) in [6, 6.07) is 2.00. The molecule has 0 aliphatic heterocycles. The van der Waals surface area contributed by atoms with E-state index in [0.29, 0.717) is 5.92 Å². The van der Waals surface area contributed by atoms with E-state index in [9.17, 15) is 0 Å². The molecule has 1 unspecified atom stereocenters. The number of rotatable bonds is 4. The fraction of sp³-hybridized carbons (Fsp3) is 0.500. The first kappa shape index (κ1) is 8.14. The highest BCUT2D eigenvalue weighted by atomic mass is 14.9. The first-order valence-electron chi connectivity index (χ1n) is 3.89. The fourth-order valence-electron chi connectivity index (χ4n) is 0.809. The van der Waals surface area contributed by atoms with E-state index < -0.39 is 0 Å². The Morgan fingerprint density at radius 3 is 3.09 bits per heavy atom. The average Bonchev–Trinajstić information content (AvgIpc) is 2.52. The summed E-state index contributed by atoms with van der Waals surface area (Å²) in [5.74, 6) is 0.532. The number of aromatic nitrogens is 1. The lowest BCUT2D eigenvalue weighted by atomic mass is 10.2. The van der Waals surface area contributed by atoms with Gasteiger partial charge >= 0.3 is 0 Å². The standard InChI is InChI=1S/C8H15N3/c1-7(4-9)5-11-8-2-3-10-6-8/h2-3,6-7,10-11H,4-5,9H2,1H3. The van der Waals surface area contributed by atoms with Crippen LogP contribution in [0.15, 0.2) is 18.5 Å². The van der Waals surface area contributed by atoms with Gasteiger partial charge in [-0.15, -0.1) is 0 Å². The smallest absolute Gasteiger partial charge is 0.0517 e. The Morgan fingerprint density at radius 1 is 1.73 bits per heavy atom. The van der Waals surface area contributed by atoms with Crippen molar-refractivity contribution in [3.05, 3.63) is 18.5 Å². The summed E-state index contributed by atoms with van der Waals surface area (Å²) < 4.78 is 0. The first-order chi connectivity index (χ1) is 5.33. The summed E-state index contributed by atoms with van der Waals surface area (Å²) >= 11 is 0. The van der Waals surface area contributed by atoms with E-state index in [2.05, 4.69) is 17.2 Å². The van der Waals surface area contributed by atoms with Gasteiger partial charge in [-0.1, -0.05) is 6.92 Å². The Balaban J connectivity index is 2.23. The third kappa shape index (κ3) is 2.63. The molecule has 0 saturated heterocycles. The normalized spacial score (nSPS) is 12.9. The lowest BCUT2D eigenvalue weighted by molar-refractivity contribution is 0.628. The predicted octanol–water partition coefficient (Wildman–Crippen LogP) is 1.02. The molecule has 0 aliphatic rings. The highest BCUT2D eigenvalue weighted by molar-refractivity contribution is 5.40. The summed E-state index contributed by atoms with van der Waals surface area (Å²) in [5.41, 5.74) is 6.59. The van der Waals surface area contributed by atoms with Crippen molar-refractivity contribution in [3.63, 3.8) is 0 Å². The van der Waals surface area contributed by atoms with Crippen molar-refractivity contribution in [2.45, 2.75) is 6.92 Å². The van der Waals surface area contributed by atoms with E-state index in [1.165, 1.54) is 0 Å². The molecular formula is C8H15N3. The van der Waals surface area contributed by atoms with Gasteiger partial charge in [-0.3, -0.25) is 0 Å². The Hall–Kier alpha value is -0.960. The molecule has 0 amide bonds. The zero-order chi connectivity index (χ0) is 8.10. The highest BCUT2D eigenvalue weighted by Crippen LogP contribution is 2.04. The van der Waals surface area contributed by atoms with Gasteiger partial charge in [0.2, 0.25) is 0 Å². The minimum Gasteiger partial charge on any atom is -0.384 e. The van der Waals surface area contributed by atoms with Gasteiger partial charge in [0.25, 0.3) is 0 Å². The van der Waals surface area contributed by atoms with E-state index in [0.717, 1.165) is 18.8 Å². The van der Waals surface area contributed by atoms with Crippen molar-refractivity contribution in [1.82, 2.24) is 4.98 Å². The predicted molar refractivity (Wildman–Crippen MR) is 47.5 cm³/mol. The molecule has 1 aromatic rings.